The molecule has 1 aliphatic heterocycles. The summed E-state index contributed by atoms with van der Waals surface area (Å²) in [6.07, 6.45) is -2.67. The second kappa shape index (κ2) is 7.48. The Hall–Kier alpha value is -1.51. The van der Waals surface area contributed by atoms with E-state index in [1.807, 2.05) is 0 Å². The van der Waals surface area contributed by atoms with Gasteiger partial charge in [-0.2, -0.15) is 23.3 Å². The minimum atomic E-state index is -5.05. The van der Waals surface area contributed by atoms with Crippen molar-refractivity contribution in [3.8, 4) is 5.75 Å². The first kappa shape index (κ1) is 20.2. The van der Waals surface area contributed by atoms with Crippen molar-refractivity contribution in [2.24, 2.45) is 11.0 Å². The molecule has 5 nitrogen and oxygen atoms in total. The molecule has 27 heavy (non-hydrogen) atoms. The molecule has 0 saturated heterocycles. The molecule has 3 rings (SSSR count). The standard InChI is InChI=1S/C17H17Cl2F3N2O3/c18-10-6-7-14(12(19)8-10)27-9-15(25)24-16(26,17(20,21)22)11-4-2-1-3-5-13(11)23-24/h6-8,11,26H,1-5,9H2/t11-,16+/m1/s1. The van der Waals surface area contributed by atoms with Gasteiger partial charge in [0.2, 0.25) is 0 Å². The zero-order valence-electron chi connectivity index (χ0n) is 14.1. The topological polar surface area (TPSA) is 62.1 Å². The summed E-state index contributed by atoms with van der Waals surface area (Å²) in [7, 11) is 0. The van der Waals surface area contributed by atoms with Gasteiger partial charge >= 0.3 is 6.18 Å². The highest BCUT2D eigenvalue weighted by atomic mass is 35.5. The fraction of sp³-hybridized carbons (Fsp3) is 0.529. The van der Waals surface area contributed by atoms with Crippen molar-refractivity contribution < 1.29 is 27.8 Å². The van der Waals surface area contributed by atoms with Crippen LogP contribution in [0, 0.1) is 5.92 Å². The van der Waals surface area contributed by atoms with Gasteiger partial charge in [0.15, 0.2) is 6.61 Å². The number of halogens is 5. The molecule has 1 fully saturated rings. The van der Waals surface area contributed by atoms with E-state index < -0.39 is 30.3 Å². The summed E-state index contributed by atoms with van der Waals surface area (Å²) < 4.78 is 46.4. The fourth-order valence-electron chi connectivity index (χ4n) is 3.43. The number of benzene rings is 1. The van der Waals surface area contributed by atoms with E-state index in [2.05, 4.69) is 5.10 Å². The van der Waals surface area contributed by atoms with E-state index in [1.54, 1.807) is 0 Å². The molecule has 0 aromatic heterocycles. The molecule has 10 heteroatoms. The predicted octanol–water partition coefficient (Wildman–Crippen LogP) is 4.40. The molecule has 0 radical (unpaired) electrons. The lowest BCUT2D eigenvalue weighted by molar-refractivity contribution is -0.317. The smallest absolute Gasteiger partial charge is 0.439 e. The molecule has 1 amide bonds. The van der Waals surface area contributed by atoms with Crippen molar-refractivity contribution in [2.45, 2.75) is 44.0 Å². The summed E-state index contributed by atoms with van der Waals surface area (Å²) in [5.41, 5.74) is -3.16. The Labute approximate surface area is 163 Å². The Kier molecular flexibility index (Phi) is 5.61. The Morgan fingerprint density at radius 2 is 2.07 bits per heavy atom. The number of fused-ring (bicyclic) bond motifs is 1. The van der Waals surface area contributed by atoms with Crippen LogP contribution in [0.4, 0.5) is 13.2 Å². The van der Waals surface area contributed by atoms with Crippen molar-refractivity contribution in [2.75, 3.05) is 6.61 Å². The minimum Gasteiger partial charge on any atom is -0.482 e. The van der Waals surface area contributed by atoms with Gasteiger partial charge in [-0.25, -0.2) is 0 Å². The third-order valence-corrected chi connectivity index (χ3v) is 5.29. The normalized spacial score (nSPS) is 25.6. The molecule has 1 aliphatic carbocycles. The molecule has 1 heterocycles. The maximum absolute atomic E-state index is 13.7. The highest BCUT2D eigenvalue weighted by Gasteiger charge is 2.68. The van der Waals surface area contributed by atoms with Crippen LogP contribution in [0.1, 0.15) is 32.1 Å². The molecule has 0 unspecified atom stereocenters. The van der Waals surface area contributed by atoms with E-state index in [4.69, 9.17) is 27.9 Å². The Morgan fingerprint density at radius 3 is 2.74 bits per heavy atom. The third kappa shape index (κ3) is 3.75. The van der Waals surface area contributed by atoms with Crippen molar-refractivity contribution in [1.82, 2.24) is 5.01 Å². The van der Waals surface area contributed by atoms with Crippen molar-refractivity contribution >= 4 is 34.8 Å². The summed E-state index contributed by atoms with van der Waals surface area (Å²) >= 11 is 11.7. The van der Waals surface area contributed by atoms with E-state index in [0.29, 0.717) is 24.3 Å². The predicted molar refractivity (Wildman–Crippen MR) is 93.8 cm³/mol. The van der Waals surface area contributed by atoms with Crippen molar-refractivity contribution in [3.05, 3.63) is 28.2 Å². The highest BCUT2D eigenvalue weighted by molar-refractivity contribution is 6.35. The van der Waals surface area contributed by atoms with Crippen LogP contribution < -0.4 is 4.74 Å². The summed E-state index contributed by atoms with van der Waals surface area (Å²) in [4.78, 5) is 12.5. The number of hydrogen-bond acceptors (Lipinski definition) is 4. The van der Waals surface area contributed by atoms with Crippen LogP contribution in [0.15, 0.2) is 23.3 Å². The maximum Gasteiger partial charge on any atom is 0.439 e. The average molecular weight is 425 g/mol. The highest BCUT2D eigenvalue weighted by Crippen LogP contribution is 2.47. The molecule has 0 bridgehead atoms. The number of carbonyl (C=O) groups excluding carboxylic acids is 1. The van der Waals surface area contributed by atoms with Crippen LogP contribution in [0.2, 0.25) is 10.0 Å². The molecule has 1 saturated carbocycles. The maximum atomic E-state index is 13.7. The molecule has 0 spiro atoms. The number of nitrogens with zero attached hydrogens (tertiary/aromatic N) is 2. The van der Waals surface area contributed by atoms with Gasteiger partial charge in [-0.3, -0.25) is 4.79 Å². The van der Waals surface area contributed by atoms with Crippen LogP contribution >= 0.6 is 23.2 Å². The number of carbonyl (C=O) groups is 1. The molecule has 1 aromatic carbocycles. The SMILES string of the molecule is O=C(COc1ccc(Cl)cc1Cl)N1N=C2CCCCC[C@H]2[C@]1(O)C(F)(F)F. The van der Waals surface area contributed by atoms with E-state index in [9.17, 15) is 23.1 Å². The molecule has 1 N–H and O–H groups in total. The number of ether oxygens (including phenoxy) is 1. The van der Waals surface area contributed by atoms with Gasteiger partial charge in [0.25, 0.3) is 11.6 Å². The van der Waals surface area contributed by atoms with Crippen molar-refractivity contribution in [3.63, 3.8) is 0 Å². The third-order valence-electron chi connectivity index (χ3n) is 4.76. The van der Waals surface area contributed by atoms with Crippen LogP contribution in [-0.2, 0) is 4.79 Å². The Balaban J connectivity index is 1.83. The molecule has 2 atom stereocenters. The van der Waals surface area contributed by atoms with Gasteiger partial charge < -0.3 is 9.84 Å². The van der Waals surface area contributed by atoms with E-state index in [0.717, 1.165) is 6.42 Å². The molecular formula is C17H17Cl2F3N2O3. The van der Waals surface area contributed by atoms with Gasteiger partial charge in [0.05, 0.1) is 10.9 Å². The molecular weight excluding hydrogens is 408 g/mol. The van der Waals surface area contributed by atoms with Crippen LogP contribution in [0.5, 0.6) is 5.75 Å². The zero-order chi connectivity index (χ0) is 19.8. The second-order valence-corrected chi connectivity index (χ2v) is 7.38. The Bertz CT molecular complexity index is 772. The number of hydrazone groups is 1. The molecule has 2 aliphatic rings. The monoisotopic (exact) mass is 424 g/mol. The van der Waals surface area contributed by atoms with Crippen LogP contribution in [0.25, 0.3) is 0 Å². The number of hydrogen-bond donors (Lipinski definition) is 1. The summed E-state index contributed by atoms with van der Waals surface area (Å²) in [6.45, 7) is -0.761. The van der Waals surface area contributed by atoms with Crippen LogP contribution in [0.3, 0.4) is 0 Å². The van der Waals surface area contributed by atoms with Gasteiger partial charge in [-0.1, -0.05) is 36.0 Å². The van der Waals surface area contributed by atoms with Gasteiger partial charge in [-0.15, -0.1) is 0 Å². The van der Waals surface area contributed by atoms with E-state index >= 15 is 0 Å². The quantitative estimate of drug-likeness (QED) is 0.781. The lowest BCUT2D eigenvalue weighted by Crippen LogP contribution is -2.61. The average Bonchev–Trinajstić information content (AvgIpc) is 2.73. The lowest BCUT2D eigenvalue weighted by atomic mass is 9.87. The molecule has 1 aromatic rings. The van der Waals surface area contributed by atoms with Gasteiger partial charge in [0, 0.05) is 10.7 Å². The first-order valence-corrected chi connectivity index (χ1v) is 9.17. The minimum absolute atomic E-state index is 0.0889. The van der Waals surface area contributed by atoms with Gasteiger partial charge in [0.1, 0.15) is 5.75 Å². The van der Waals surface area contributed by atoms with Gasteiger partial charge in [-0.05, 0) is 37.5 Å². The summed E-state index contributed by atoms with van der Waals surface area (Å²) in [6, 6.07) is 4.24. The number of rotatable bonds is 3. The second-order valence-electron chi connectivity index (χ2n) is 6.54. The summed E-state index contributed by atoms with van der Waals surface area (Å²) in [5, 5.41) is 14.9. The van der Waals surface area contributed by atoms with Crippen LogP contribution in [-0.4, -0.2) is 40.2 Å². The van der Waals surface area contributed by atoms with E-state index in [1.165, 1.54) is 18.2 Å². The first-order valence-electron chi connectivity index (χ1n) is 8.42. The Morgan fingerprint density at radius 1 is 1.33 bits per heavy atom. The lowest BCUT2D eigenvalue weighted by Gasteiger charge is -2.37. The van der Waals surface area contributed by atoms with Crippen molar-refractivity contribution in [1.29, 1.82) is 0 Å². The first-order chi connectivity index (χ1) is 12.6. The largest absolute Gasteiger partial charge is 0.482 e. The zero-order valence-corrected chi connectivity index (χ0v) is 15.6. The fourth-order valence-corrected chi connectivity index (χ4v) is 3.90. The number of amides is 1. The summed E-state index contributed by atoms with van der Waals surface area (Å²) in [5.74, 6) is -2.28. The van der Waals surface area contributed by atoms with E-state index in [-0.39, 0.29) is 27.9 Å². The molecule has 148 valence electrons. The number of alkyl halides is 3. The number of aliphatic hydroxyl groups is 1.